The third kappa shape index (κ3) is 2.24. The Kier molecular flexibility index (Phi) is 2.68. The summed E-state index contributed by atoms with van der Waals surface area (Å²) in [4.78, 5) is 4.52. The van der Waals surface area contributed by atoms with Crippen molar-refractivity contribution in [3.05, 3.63) is 24.5 Å². The number of aromatic nitrogens is 3. The van der Waals surface area contributed by atoms with Gasteiger partial charge in [0.1, 0.15) is 5.82 Å². The SMILES string of the molecule is CC1CC(Nc2ccn3nccc3n2)CCN1. The molecule has 2 aromatic rings. The molecule has 2 atom stereocenters. The van der Waals surface area contributed by atoms with Gasteiger partial charge in [-0.1, -0.05) is 0 Å². The molecule has 0 bridgehead atoms. The Balaban J connectivity index is 1.75. The highest BCUT2D eigenvalue weighted by molar-refractivity contribution is 5.45. The first-order valence-electron chi connectivity index (χ1n) is 6.11. The van der Waals surface area contributed by atoms with Gasteiger partial charge in [-0.2, -0.15) is 5.10 Å². The van der Waals surface area contributed by atoms with E-state index in [-0.39, 0.29) is 0 Å². The second kappa shape index (κ2) is 4.33. The van der Waals surface area contributed by atoms with Gasteiger partial charge in [-0.3, -0.25) is 0 Å². The van der Waals surface area contributed by atoms with Crippen molar-refractivity contribution in [2.75, 3.05) is 11.9 Å². The Bertz CT molecular complexity index is 506. The van der Waals surface area contributed by atoms with Gasteiger partial charge >= 0.3 is 0 Å². The summed E-state index contributed by atoms with van der Waals surface area (Å²) in [5.74, 6) is 0.942. The largest absolute Gasteiger partial charge is 0.367 e. The summed E-state index contributed by atoms with van der Waals surface area (Å²) < 4.78 is 1.77. The maximum Gasteiger partial charge on any atom is 0.157 e. The van der Waals surface area contributed by atoms with Crippen LogP contribution in [0, 0.1) is 0 Å². The lowest BCUT2D eigenvalue weighted by Gasteiger charge is -2.28. The molecule has 3 heterocycles. The quantitative estimate of drug-likeness (QED) is 0.817. The van der Waals surface area contributed by atoms with Crippen LogP contribution in [0.2, 0.25) is 0 Å². The highest BCUT2D eigenvalue weighted by Crippen LogP contribution is 2.14. The number of nitrogens with zero attached hydrogens (tertiary/aromatic N) is 3. The first kappa shape index (κ1) is 10.5. The zero-order valence-electron chi connectivity index (χ0n) is 9.93. The molecule has 0 saturated carbocycles. The maximum absolute atomic E-state index is 4.52. The number of hydrogen-bond acceptors (Lipinski definition) is 4. The van der Waals surface area contributed by atoms with Crippen molar-refractivity contribution in [3.8, 4) is 0 Å². The minimum atomic E-state index is 0.518. The topological polar surface area (TPSA) is 54.2 Å². The minimum Gasteiger partial charge on any atom is -0.367 e. The van der Waals surface area contributed by atoms with Crippen molar-refractivity contribution < 1.29 is 0 Å². The lowest BCUT2D eigenvalue weighted by atomic mass is 10.0. The molecule has 1 saturated heterocycles. The molecule has 5 nitrogen and oxygen atoms in total. The normalized spacial score (nSPS) is 25.0. The van der Waals surface area contributed by atoms with Crippen molar-refractivity contribution in [3.63, 3.8) is 0 Å². The molecule has 2 aromatic heterocycles. The Morgan fingerprint density at radius 2 is 2.41 bits per heavy atom. The standard InChI is InChI=1S/C12H17N5/c1-9-8-10(2-5-13-9)15-11-4-7-17-12(16-11)3-6-14-17/h3-4,6-7,9-10,13H,2,5,8H2,1H3,(H,15,16). The second-order valence-corrected chi connectivity index (χ2v) is 4.67. The van der Waals surface area contributed by atoms with E-state index in [1.807, 2.05) is 18.3 Å². The Hall–Kier alpha value is -1.62. The fourth-order valence-electron chi connectivity index (χ4n) is 2.37. The van der Waals surface area contributed by atoms with Crippen molar-refractivity contribution in [2.45, 2.75) is 31.8 Å². The van der Waals surface area contributed by atoms with Crippen molar-refractivity contribution in [1.82, 2.24) is 19.9 Å². The van der Waals surface area contributed by atoms with Crippen LogP contribution in [0.5, 0.6) is 0 Å². The molecule has 3 rings (SSSR count). The Morgan fingerprint density at radius 1 is 1.47 bits per heavy atom. The summed E-state index contributed by atoms with van der Waals surface area (Å²) in [5, 5.41) is 11.1. The van der Waals surface area contributed by atoms with Crippen LogP contribution >= 0.6 is 0 Å². The molecular weight excluding hydrogens is 214 g/mol. The van der Waals surface area contributed by atoms with Crippen molar-refractivity contribution >= 4 is 11.5 Å². The predicted molar refractivity (Wildman–Crippen MR) is 67.1 cm³/mol. The number of piperidine rings is 1. The molecular formula is C12H17N5. The third-order valence-corrected chi connectivity index (χ3v) is 3.23. The fraction of sp³-hybridized carbons (Fsp3) is 0.500. The van der Waals surface area contributed by atoms with E-state index in [2.05, 4.69) is 27.6 Å². The van der Waals surface area contributed by atoms with Crippen LogP contribution < -0.4 is 10.6 Å². The molecule has 1 fully saturated rings. The zero-order chi connectivity index (χ0) is 11.7. The van der Waals surface area contributed by atoms with Crippen LogP contribution in [0.4, 0.5) is 5.82 Å². The van der Waals surface area contributed by atoms with E-state index in [0.29, 0.717) is 12.1 Å². The number of rotatable bonds is 2. The van der Waals surface area contributed by atoms with Gasteiger partial charge in [0.05, 0.1) is 6.20 Å². The lowest BCUT2D eigenvalue weighted by molar-refractivity contribution is 0.396. The molecule has 1 aliphatic heterocycles. The molecule has 0 aliphatic carbocycles. The number of anilines is 1. The monoisotopic (exact) mass is 231 g/mol. The van der Waals surface area contributed by atoms with Gasteiger partial charge in [0, 0.05) is 24.3 Å². The van der Waals surface area contributed by atoms with Crippen LogP contribution in [0.25, 0.3) is 5.65 Å². The van der Waals surface area contributed by atoms with E-state index in [0.717, 1.165) is 30.9 Å². The first-order valence-corrected chi connectivity index (χ1v) is 6.11. The van der Waals surface area contributed by atoms with Gasteiger partial charge in [-0.05, 0) is 32.4 Å². The smallest absolute Gasteiger partial charge is 0.157 e. The fourth-order valence-corrected chi connectivity index (χ4v) is 2.37. The van der Waals surface area contributed by atoms with Gasteiger partial charge in [0.25, 0.3) is 0 Å². The number of nitrogens with one attached hydrogen (secondary N) is 2. The molecule has 0 radical (unpaired) electrons. The lowest BCUT2D eigenvalue weighted by Crippen LogP contribution is -2.41. The molecule has 0 amide bonds. The van der Waals surface area contributed by atoms with Gasteiger partial charge in [0.15, 0.2) is 5.65 Å². The van der Waals surface area contributed by atoms with Crippen LogP contribution in [0.15, 0.2) is 24.5 Å². The summed E-state index contributed by atoms with van der Waals surface area (Å²) in [6.45, 7) is 3.30. The van der Waals surface area contributed by atoms with Crippen LogP contribution in [-0.2, 0) is 0 Å². The summed E-state index contributed by atoms with van der Waals surface area (Å²) in [5.41, 5.74) is 0.886. The molecule has 2 unspecified atom stereocenters. The van der Waals surface area contributed by atoms with Gasteiger partial charge < -0.3 is 10.6 Å². The summed E-state index contributed by atoms with van der Waals surface area (Å²) >= 11 is 0. The molecule has 1 aliphatic rings. The van der Waals surface area contributed by atoms with Crippen molar-refractivity contribution in [1.29, 1.82) is 0 Å². The van der Waals surface area contributed by atoms with Gasteiger partial charge in [-0.25, -0.2) is 9.50 Å². The third-order valence-electron chi connectivity index (χ3n) is 3.23. The Morgan fingerprint density at radius 3 is 3.29 bits per heavy atom. The van der Waals surface area contributed by atoms with Gasteiger partial charge in [-0.15, -0.1) is 0 Å². The van der Waals surface area contributed by atoms with Crippen molar-refractivity contribution in [2.24, 2.45) is 0 Å². The summed E-state index contributed by atoms with van der Waals surface area (Å²) in [7, 11) is 0. The van der Waals surface area contributed by atoms with E-state index in [4.69, 9.17) is 0 Å². The van der Waals surface area contributed by atoms with E-state index < -0.39 is 0 Å². The molecule has 0 aromatic carbocycles. The van der Waals surface area contributed by atoms with Crippen LogP contribution in [-0.4, -0.2) is 33.2 Å². The molecule has 5 heteroatoms. The van der Waals surface area contributed by atoms with E-state index in [9.17, 15) is 0 Å². The Labute approximate surface area is 100 Å². The maximum atomic E-state index is 4.52. The van der Waals surface area contributed by atoms with E-state index >= 15 is 0 Å². The highest BCUT2D eigenvalue weighted by Gasteiger charge is 2.18. The first-order chi connectivity index (χ1) is 8.31. The molecule has 17 heavy (non-hydrogen) atoms. The number of hydrogen-bond donors (Lipinski definition) is 2. The van der Waals surface area contributed by atoms with E-state index in [1.165, 1.54) is 0 Å². The van der Waals surface area contributed by atoms with Gasteiger partial charge in [0.2, 0.25) is 0 Å². The molecule has 2 N–H and O–H groups in total. The minimum absolute atomic E-state index is 0.518. The second-order valence-electron chi connectivity index (χ2n) is 4.67. The predicted octanol–water partition coefficient (Wildman–Crippen LogP) is 1.28. The summed E-state index contributed by atoms with van der Waals surface area (Å²) in [6.07, 6.45) is 6.00. The zero-order valence-corrected chi connectivity index (χ0v) is 9.93. The van der Waals surface area contributed by atoms with E-state index in [1.54, 1.807) is 10.7 Å². The average Bonchev–Trinajstić information content (AvgIpc) is 2.76. The summed E-state index contributed by atoms with van der Waals surface area (Å²) in [6, 6.07) is 4.99. The van der Waals surface area contributed by atoms with Crippen LogP contribution in [0.1, 0.15) is 19.8 Å². The highest BCUT2D eigenvalue weighted by atomic mass is 15.2. The average molecular weight is 231 g/mol. The van der Waals surface area contributed by atoms with Crippen LogP contribution in [0.3, 0.4) is 0 Å². The molecule has 90 valence electrons. The molecule has 0 spiro atoms. The number of fused-ring (bicyclic) bond motifs is 1.